The molecule has 2 N–H and O–H groups in total. The molecule has 2 aromatic carbocycles. The Morgan fingerprint density at radius 3 is 2.28 bits per heavy atom. The maximum atomic E-state index is 12.4. The van der Waals surface area contributed by atoms with Gasteiger partial charge in [-0.3, -0.25) is 4.90 Å². The zero-order valence-corrected chi connectivity index (χ0v) is 17.8. The SMILES string of the molecule is CC(NC(=O)NC1CCN(Cc2ccccc2)CC1)c1ccc(S(C)(=O)=O)cc1. The first-order chi connectivity index (χ1) is 13.8. The lowest BCUT2D eigenvalue weighted by Crippen LogP contribution is -2.48. The summed E-state index contributed by atoms with van der Waals surface area (Å²) in [4.78, 5) is 15.1. The fraction of sp³-hybridized carbons (Fsp3) is 0.409. The molecular weight excluding hydrogens is 386 g/mol. The van der Waals surface area contributed by atoms with Crippen molar-refractivity contribution in [2.24, 2.45) is 0 Å². The molecule has 156 valence electrons. The fourth-order valence-corrected chi connectivity index (χ4v) is 4.22. The second-order valence-electron chi connectivity index (χ2n) is 7.72. The van der Waals surface area contributed by atoms with Gasteiger partial charge in [0.1, 0.15) is 0 Å². The standard InChI is InChI=1S/C22H29N3O3S/c1-17(19-8-10-21(11-9-19)29(2,27)28)23-22(26)24-20-12-14-25(15-13-20)16-18-6-4-3-5-7-18/h3-11,17,20H,12-16H2,1-2H3,(H2,23,24,26). The van der Waals surface area contributed by atoms with Gasteiger partial charge in [-0.1, -0.05) is 42.5 Å². The van der Waals surface area contributed by atoms with E-state index in [0.717, 1.165) is 38.0 Å². The van der Waals surface area contributed by atoms with Crippen LogP contribution in [0.15, 0.2) is 59.5 Å². The lowest BCUT2D eigenvalue weighted by molar-refractivity contribution is 0.186. The van der Waals surface area contributed by atoms with Gasteiger partial charge in [-0.2, -0.15) is 0 Å². The molecular formula is C22H29N3O3S. The highest BCUT2D eigenvalue weighted by Crippen LogP contribution is 2.17. The van der Waals surface area contributed by atoms with E-state index >= 15 is 0 Å². The average Bonchev–Trinajstić information content (AvgIpc) is 2.69. The first kappa shape index (κ1) is 21.3. The molecule has 0 bridgehead atoms. The number of hydrogen-bond acceptors (Lipinski definition) is 4. The number of rotatable bonds is 6. The summed E-state index contributed by atoms with van der Waals surface area (Å²) >= 11 is 0. The van der Waals surface area contributed by atoms with Crippen molar-refractivity contribution in [1.29, 1.82) is 0 Å². The number of likely N-dealkylation sites (tertiary alicyclic amines) is 1. The van der Waals surface area contributed by atoms with E-state index in [0.29, 0.717) is 0 Å². The zero-order valence-electron chi connectivity index (χ0n) is 17.0. The van der Waals surface area contributed by atoms with Gasteiger partial charge in [0.15, 0.2) is 9.84 Å². The zero-order chi connectivity index (χ0) is 20.9. The molecule has 0 spiro atoms. The summed E-state index contributed by atoms with van der Waals surface area (Å²) < 4.78 is 23.1. The van der Waals surface area contributed by atoms with Crippen LogP contribution < -0.4 is 10.6 Å². The Hall–Kier alpha value is -2.38. The molecule has 1 heterocycles. The van der Waals surface area contributed by atoms with Crippen LogP contribution in [0.4, 0.5) is 4.79 Å². The molecule has 1 unspecified atom stereocenters. The molecule has 29 heavy (non-hydrogen) atoms. The minimum atomic E-state index is -3.22. The highest BCUT2D eigenvalue weighted by atomic mass is 32.2. The van der Waals surface area contributed by atoms with E-state index in [9.17, 15) is 13.2 Å². The van der Waals surface area contributed by atoms with Gasteiger partial charge in [-0.25, -0.2) is 13.2 Å². The van der Waals surface area contributed by atoms with Crippen molar-refractivity contribution in [2.75, 3.05) is 19.3 Å². The summed E-state index contributed by atoms with van der Waals surface area (Å²) in [6, 6.07) is 16.8. The third kappa shape index (κ3) is 6.30. The lowest BCUT2D eigenvalue weighted by Gasteiger charge is -2.32. The van der Waals surface area contributed by atoms with Gasteiger partial charge < -0.3 is 10.6 Å². The first-order valence-electron chi connectivity index (χ1n) is 9.94. The van der Waals surface area contributed by atoms with Crippen molar-refractivity contribution in [2.45, 2.75) is 43.3 Å². The number of carbonyl (C=O) groups excluding carboxylic acids is 1. The molecule has 1 aliphatic rings. The number of nitrogens with zero attached hydrogens (tertiary/aromatic N) is 1. The Bertz CT molecular complexity index is 906. The minimum Gasteiger partial charge on any atom is -0.335 e. The molecule has 7 heteroatoms. The monoisotopic (exact) mass is 415 g/mol. The topological polar surface area (TPSA) is 78.5 Å². The number of hydrogen-bond donors (Lipinski definition) is 2. The van der Waals surface area contributed by atoms with Crippen LogP contribution in [0.5, 0.6) is 0 Å². The molecule has 2 amide bonds. The van der Waals surface area contributed by atoms with Gasteiger partial charge in [0.25, 0.3) is 0 Å². The first-order valence-corrected chi connectivity index (χ1v) is 11.8. The lowest BCUT2D eigenvalue weighted by atomic mass is 10.0. The Kier molecular flexibility index (Phi) is 6.92. The molecule has 1 atom stereocenters. The second kappa shape index (κ2) is 9.41. The van der Waals surface area contributed by atoms with E-state index in [4.69, 9.17) is 0 Å². The number of nitrogens with one attached hydrogen (secondary N) is 2. The molecule has 0 aliphatic carbocycles. The van der Waals surface area contributed by atoms with Gasteiger partial charge in [-0.05, 0) is 43.0 Å². The minimum absolute atomic E-state index is 0.168. The van der Waals surface area contributed by atoms with Crippen molar-refractivity contribution >= 4 is 15.9 Å². The summed E-state index contributed by atoms with van der Waals surface area (Å²) in [6.45, 7) is 4.75. The number of amides is 2. The fourth-order valence-electron chi connectivity index (χ4n) is 3.59. The van der Waals surface area contributed by atoms with Crippen LogP contribution in [0.2, 0.25) is 0 Å². The normalized spacial score (nSPS) is 16.9. The molecule has 0 saturated carbocycles. The van der Waals surface area contributed by atoms with Gasteiger partial charge in [-0.15, -0.1) is 0 Å². The van der Waals surface area contributed by atoms with Gasteiger partial charge in [0.05, 0.1) is 10.9 Å². The number of carbonyl (C=O) groups is 1. The predicted octanol–water partition coefficient (Wildman–Crippen LogP) is 3.11. The van der Waals surface area contributed by atoms with E-state index in [-0.39, 0.29) is 23.0 Å². The van der Waals surface area contributed by atoms with Crippen LogP contribution in [0, 0.1) is 0 Å². The van der Waals surface area contributed by atoms with Crippen LogP contribution in [0.25, 0.3) is 0 Å². The van der Waals surface area contributed by atoms with Crippen LogP contribution in [-0.4, -0.2) is 44.7 Å². The van der Waals surface area contributed by atoms with Gasteiger partial charge in [0.2, 0.25) is 0 Å². The molecule has 1 saturated heterocycles. The van der Waals surface area contributed by atoms with Crippen molar-refractivity contribution in [3.8, 4) is 0 Å². The van der Waals surface area contributed by atoms with E-state index in [1.807, 2.05) is 13.0 Å². The molecule has 6 nitrogen and oxygen atoms in total. The van der Waals surface area contributed by atoms with E-state index in [2.05, 4.69) is 39.8 Å². The Morgan fingerprint density at radius 2 is 1.69 bits per heavy atom. The maximum absolute atomic E-state index is 12.4. The summed E-state index contributed by atoms with van der Waals surface area (Å²) in [6.07, 6.45) is 3.04. The van der Waals surface area contributed by atoms with Gasteiger partial charge >= 0.3 is 6.03 Å². The van der Waals surface area contributed by atoms with Crippen molar-refractivity contribution in [3.63, 3.8) is 0 Å². The smallest absolute Gasteiger partial charge is 0.315 e. The molecule has 0 aromatic heterocycles. The third-order valence-electron chi connectivity index (χ3n) is 5.33. The summed E-state index contributed by atoms with van der Waals surface area (Å²) in [5, 5.41) is 6.01. The van der Waals surface area contributed by atoms with E-state index in [1.54, 1.807) is 24.3 Å². The number of urea groups is 1. The van der Waals surface area contributed by atoms with Crippen molar-refractivity contribution in [3.05, 3.63) is 65.7 Å². The van der Waals surface area contributed by atoms with Crippen molar-refractivity contribution in [1.82, 2.24) is 15.5 Å². The van der Waals surface area contributed by atoms with Crippen LogP contribution in [0.1, 0.15) is 36.9 Å². The van der Waals surface area contributed by atoms with E-state index in [1.165, 1.54) is 11.8 Å². The Morgan fingerprint density at radius 1 is 1.07 bits per heavy atom. The summed E-state index contributed by atoms with van der Waals surface area (Å²) in [5.74, 6) is 0. The molecule has 0 radical (unpaired) electrons. The Balaban J connectivity index is 1.44. The summed E-state index contributed by atoms with van der Waals surface area (Å²) in [5.41, 5.74) is 2.18. The Labute approximate surface area is 173 Å². The van der Waals surface area contributed by atoms with E-state index < -0.39 is 9.84 Å². The van der Waals surface area contributed by atoms with Crippen LogP contribution in [0.3, 0.4) is 0 Å². The van der Waals surface area contributed by atoms with Gasteiger partial charge in [0, 0.05) is 31.9 Å². The van der Waals surface area contributed by atoms with Crippen molar-refractivity contribution < 1.29 is 13.2 Å². The number of benzene rings is 2. The maximum Gasteiger partial charge on any atom is 0.315 e. The summed E-state index contributed by atoms with van der Waals surface area (Å²) in [7, 11) is -3.22. The quantitative estimate of drug-likeness (QED) is 0.760. The largest absolute Gasteiger partial charge is 0.335 e. The second-order valence-corrected chi connectivity index (χ2v) is 9.73. The molecule has 3 rings (SSSR count). The molecule has 1 fully saturated rings. The van der Waals surface area contributed by atoms with Crippen LogP contribution >= 0.6 is 0 Å². The predicted molar refractivity (Wildman–Crippen MR) is 114 cm³/mol. The third-order valence-corrected chi connectivity index (χ3v) is 6.46. The highest BCUT2D eigenvalue weighted by Gasteiger charge is 2.21. The number of sulfone groups is 1. The highest BCUT2D eigenvalue weighted by molar-refractivity contribution is 7.90. The number of piperidine rings is 1. The van der Waals surface area contributed by atoms with Crippen LogP contribution in [-0.2, 0) is 16.4 Å². The average molecular weight is 416 g/mol. The molecule has 2 aromatic rings. The molecule has 1 aliphatic heterocycles.